The first-order valence-electron chi connectivity index (χ1n) is 9.67. The van der Waals surface area contributed by atoms with Gasteiger partial charge in [0.1, 0.15) is 6.61 Å². The Balaban J connectivity index is 1.41. The Morgan fingerprint density at radius 2 is 1.45 bits per heavy atom. The normalized spacial score (nSPS) is 12.0. The van der Waals surface area contributed by atoms with E-state index in [1.807, 2.05) is 31.2 Å². The molecule has 146 valence electrons. The third-order valence-electron chi connectivity index (χ3n) is 5.07. The lowest BCUT2D eigenvalue weighted by Crippen LogP contribution is -2.22. The molecule has 0 radical (unpaired) electrons. The average molecular weight is 386 g/mol. The highest BCUT2D eigenvalue weighted by Crippen LogP contribution is 2.44. The standard InChI is InChI=1S/C24H22N2O3/c1-2-25-23(27)16-11-13-17(14-12-16)26-24(28)29-15-22-20-9-5-3-7-18(20)19-8-4-6-10-21(19)22/h3-14,22H,2,15H2,1H3,(H,25,27)(H,26,28). The predicted molar refractivity (Wildman–Crippen MR) is 113 cm³/mol. The molecule has 0 aromatic heterocycles. The van der Waals surface area contributed by atoms with Gasteiger partial charge in [-0.05, 0) is 53.4 Å². The summed E-state index contributed by atoms with van der Waals surface area (Å²) in [6.07, 6.45) is -0.516. The molecule has 29 heavy (non-hydrogen) atoms. The van der Waals surface area contributed by atoms with Crippen LogP contribution in [0.25, 0.3) is 11.1 Å². The molecule has 0 bridgehead atoms. The van der Waals surface area contributed by atoms with E-state index in [2.05, 4.69) is 34.9 Å². The summed E-state index contributed by atoms with van der Waals surface area (Å²) in [6.45, 7) is 2.69. The maximum absolute atomic E-state index is 12.3. The zero-order chi connectivity index (χ0) is 20.2. The van der Waals surface area contributed by atoms with Gasteiger partial charge < -0.3 is 10.1 Å². The van der Waals surface area contributed by atoms with Crippen molar-refractivity contribution in [2.75, 3.05) is 18.5 Å². The number of carbonyl (C=O) groups excluding carboxylic acids is 2. The van der Waals surface area contributed by atoms with Gasteiger partial charge in [0.25, 0.3) is 5.91 Å². The molecule has 0 heterocycles. The number of carbonyl (C=O) groups is 2. The van der Waals surface area contributed by atoms with Gasteiger partial charge in [-0.25, -0.2) is 4.79 Å². The molecule has 1 aliphatic carbocycles. The molecular formula is C24H22N2O3. The first-order valence-corrected chi connectivity index (χ1v) is 9.67. The molecule has 3 aromatic carbocycles. The van der Waals surface area contributed by atoms with Crippen LogP contribution in [0.5, 0.6) is 0 Å². The van der Waals surface area contributed by atoms with Crippen molar-refractivity contribution in [3.05, 3.63) is 89.5 Å². The molecular weight excluding hydrogens is 364 g/mol. The fourth-order valence-electron chi connectivity index (χ4n) is 3.72. The second-order valence-corrected chi connectivity index (χ2v) is 6.89. The molecule has 0 aliphatic heterocycles. The van der Waals surface area contributed by atoms with Crippen molar-refractivity contribution in [1.29, 1.82) is 0 Å². The van der Waals surface area contributed by atoms with Crippen LogP contribution in [0, 0.1) is 0 Å². The smallest absolute Gasteiger partial charge is 0.411 e. The van der Waals surface area contributed by atoms with Gasteiger partial charge in [0.05, 0.1) is 0 Å². The Morgan fingerprint density at radius 3 is 2.03 bits per heavy atom. The van der Waals surface area contributed by atoms with Crippen LogP contribution in [0.1, 0.15) is 34.3 Å². The number of hydrogen-bond donors (Lipinski definition) is 2. The van der Waals surface area contributed by atoms with Crippen molar-refractivity contribution < 1.29 is 14.3 Å². The minimum atomic E-state index is -0.516. The maximum atomic E-state index is 12.3. The number of rotatable bonds is 5. The number of ether oxygens (including phenoxy) is 1. The third-order valence-corrected chi connectivity index (χ3v) is 5.07. The summed E-state index contributed by atoms with van der Waals surface area (Å²) in [5, 5.41) is 5.46. The van der Waals surface area contributed by atoms with E-state index in [1.165, 1.54) is 22.3 Å². The maximum Gasteiger partial charge on any atom is 0.411 e. The van der Waals surface area contributed by atoms with Gasteiger partial charge >= 0.3 is 6.09 Å². The van der Waals surface area contributed by atoms with E-state index < -0.39 is 6.09 Å². The quantitative estimate of drug-likeness (QED) is 0.662. The van der Waals surface area contributed by atoms with Crippen LogP contribution in [0.2, 0.25) is 0 Å². The highest BCUT2D eigenvalue weighted by Gasteiger charge is 2.28. The Bertz CT molecular complexity index is 999. The van der Waals surface area contributed by atoms with Crippen LogP contribution in [0.4, 0.5) is 10.5 Å². The minimum absolute atomic E-state index is 0.0215. The fourth-order valence-corrected chi connectivity index (χ4v) is 3.72. The fraction of sp³-hybridized carbons (Fsp3) is 0.167. The van der Waals surface area contributed by atoms with Crippen LogP contribution >= 0.6 is 0 Å². The number of benzene rings is 3. The summed E-state index contributed by atoms with van der Waals surface area (Å²) in [4.78, 5) is 24.1. The minimum Gasteiger partial charge on any atom is -0.448 e. The van der Waals surface area contributed by atoms with Crippen LogP contribution in [0.15, 0.2) is 72.8 Å². The number of hydrogen-bond acceptors (Lipinski definition) is 3. The van der Waals surface area contributed by atoms with Gasteiger partial charge in [-0.3, -0.25) is 10.1 Å². The number of nitrogens with one attached hydrogen (secondary N) is 2. The third kappa shape index (κ3) is 3.85. The van der Waals surface area contributed by atoms with Gasteiger partial charge in [-0.1, -0.05) is 48.5 Å². The first-order chi connectivity index (χ1) is 14.2. The van der Waals surface area contributed by atoms with Crippen molar-refractivity contribution in [3.8, 4) is 11.1 Å². The van der Waals surface area contributed by atoms with Crippen molar-refractivity contribution in [2.45, 2.75) is 12.8 Å². The molecule has 0 unspecified atom stereocenters. The van der Waals surface area contributed by atoms with E-state index in [4.69, 9.17) is 4.74 Å². The number of anilines is 1. The zero-order valence-corrected chi connectivity index (χ0v) is 16.1. The zero-order valence-electron chi connectivity index (χ0n) is 16.1. The van der Waals surface area contributed by atoms with Gasteiger partial charge in [-0.15, -0.1) is 0 Å². The topological polar surface area (TPSA) is 67.4 Å². The summed E-state index contributed by atoms with van der Waals surface area (Å²) in [7, 11) is 0. The van der Waals surface area contributed by atoms with Crippen molar-refractivity contribution in [3.63, 3.8) is 0 Å². The van der Waals surface area contributed by atoms with Crippen molar-refractivity contribution in [1.82, 2.24) is 5.32 Å². The Hall–Kier alpha value is -3.60. The second-order valence-electron chi connectivity index (χ2n) is 6.89. The summed E-state index contributed by atoms with van der Waals surface area (Å²) >= 11 is 0. The molecule has 1 aliphatic rings. The highest BCUT2D eigenvalue weighted by molar-refractivity contribution is 5.95. The monoisotopic (exact) mass is 386 g/mol. The van der Waals surface area contributed by atoms with Gasteiger partial charge in [0, 0.05) is 23.7 Å². The summed E-state index contributed by atoms with van der Waals surface area (Å²) in [6, 6.07) is 23.2. The van der Waals surface area contributed by atoms with Crippen LogP contribution in [-0.4, -0.2) is 25.2 Å². The molecule has 3 aromatic rings. The molecule has 2 amide bonds. The Morgan fingerprint density at radius 1 is 0.862 bits per heavy atom. The van der Waals surface area contributed by atoms with Gasteiger partial charge in [0.15, 0.2) is 0 Å². The van der Waals surface area contributed by atoms with E-state index in [9.17, 15) is 9.59 Å². The van der Waals surface area contributed by atoms with E-state index in [0.717, 1.165) is 0 Å². The lowest BCUT2D eigenvalue weighted by molar-refractivity contribution is 0.0956. The molecule has 0 atom stereocenters. The Kier molecular flexibility index (Phi) is 5.29. The molecule has 2 N–H and O–H groups in total. The summed E-state index contributed by atoms with van der Waals surface area (Å²) in [5.74, 6) is -0.117. The molecule has 0 saturated heterocycles. The SMILES string of the molecule is CCNC(=O)c1ccc(NC(=O)OCC2c3ccccc3-c3ccccc32)cc1. The van der Waals surface area contributed by atoms with Crippen LogP contribution < -0.4 is 10.6 Å². The molecule has 4 rings (SSSR count). The molecule has 0 saturated carbocycles. The predicted octanol–water partition coefficient (Wildman–Crippen LogP) is 4.80. The average Bonchev–Trinajstić information content (AvgIpc) is 3.07. The number of amides is 2. The Labute approximate surface area is 169 Å². The molecule has 5 nitrogen and oxygen atoms in total. The van der Waals surface area contributed by atoms with Crippen LogP contribution in [-0.2, 0) is 4.74 Å². The number of fused-ring (bicyclic) bond motifs is 3. The van der Waals surface area contributed by atoms with E-state index in [0.29, 0.717) is 17.8 Å². The molecule has 0 fully saturated rings. The van der Waals surface area contributed by atoms with E-state index in [1.54, 1.807) is 24.3 Å². The van der Waals surface area contributed by atoms with Crippen molar-refractivity contribution in [2.24, 2.45) is 0 Å². The summed E-state index contributed by atoms with van der Waals surface area (Å²) < 4.78 is 5.53. The molecule has 5 heteroatoms. The van der Waals surface area contributed by atoms with E-state index in [-0.39, 0.29) is 18.4 Å². The molecule has 0 spiro atoms. The summed E-state index contributed by atoms with van der Waals surface area (Å²) in [5.41, 5.74) is 5.86. The van der Waals surface area contributed by atoms with Gasteiger partial charge in [-0.2, -0.15) is 0 Å². The second kappa shape index (κ2) is 8.19. The van der Waals surface area contributed by atoms with Gasteiger partial charge in [0.2, 0.25) is 0 Å². The first kappa shape index (κ1) is 18.7. The lowest BCUT2D eigenvalue weighted by atomic mass is 9.98. The lowest BCUT2D eigenvalue weighted by Gasteiger charge is -2.14. The highest BCUT2D eigenvalue weighted by atomic mass is 16.5. The van der Waals surface area contributed by atoms with Crippen LogP contribution in [0.3, 0.4) is 0 Å². The van der Waals surface area contributed by atoms with Crippen molar-refractivity contribution >= 4 is 17.7 Å². The van der Waals surface area contributed by atoms with E-state index >= 15 is 0 Å². The largest absolute Gasteiger partial charge is 0.448 e.